The fourth-order valence-electron chi connectivity index (χ4n) is 5.11. The van der Waals surface area contributed by atoms with Gasteiger partial charge in [-0.15, -0.1) is 0 Å². The SMILES string of the molecule is CCCCC1CCCCCCc2[nH]c(/C=C3\N=C(c4ccc(OC)c(OC)c4)C=C3OC)cc21. The van der Waals surface area contributed by atoms with E-state index < -0.39 is 0 Å². The Morgan fingerprint density at radius 2 is 1.82 bits per heavy atom. The molecule has 5 heteroatoms. The lowest BCUT2D eigenvalue weighted by Gasteiger charge is -2.16. The summed E-state index contributed by atoms with van der Waals surface area (Å²) in [5.74, 6) is 2.81. The molecule has 4 rings (SSSR count). The summed E-state index contributed by atoms with van der Waals surface area (Å²) in [5.41, 5.74) is 6.70. The van der Waals surface area contributed by atoms with E-state index in [0.717, 1.165) is 34.8 Å². The van der Waals surface area contributed by atoms with Crippen molar-refractivity contribution in [3.05, 3.63) is 64.3 Å². The number of methoxy groups -OCH3 is 3. The molecular formula is C29H38N2O3. The number of nitrogens with one attached hydrogen (secondary N) is 1. The van der Waals surface area contributed by atoms with Gasteiger partial charge in [0, 0.05) is 23.0 Å². The molecule has 5 nitrogen and oxygen atoms in total. The van der Waals surface area contributed by atoms with Crippen molar-refractivity contribution in [2.75, 3.05) is 21.3 Å². The molecule has 0 saturated heterocycles. The van der Waals surface area contributed by atoms with Crippen molar-refractivity contribution in [3.8, 4) is 11.5 Å². The Hall–Kier alpha value is -2.95. The Morgan fingerprint density at radius 3 is 2.59 bits per heavy atom. The third-order valence-electron chi connectivity index (χ3n) is 6.98. The molecular weight excluding hydrogens is 424 g/mol. The number of benzene rings is 1. The third-order valence-corrected chi connectivity index (χ3v) is 6.98. The first kappa shape index (κ1) is 24.2. The van der Waals surface area contributed by atoms with Crippen LogP contribution < -0.4 is 9.47 Å². The summed E-state index contributed by atoms with van der Waals surface area (Å²) >= 11 is 0. The Bertz CT molecular complexity index is 1080. The third kappa shape index (κ3) is 5.40. The van der Waals surface area contributed by atoms with E-state index in [-0.39, 0.29) is 0 Å². The molecule has 1 N–H and O–H groups in total. The van der Waals surface area contributed by atoms with Crippen molar-refractivity contribution in [1.82, 2.24) is 4.98 Å². The van der Waals surface area contributed by atoms with Crippen LogP contribution in [-0.2, 0) is 11.2 Å². The zero-order valence-electron chi connectivity index (χ0n) is 21.1. The van der Waals surface area contributed by atoms with Gasteiger partial charge >= 0.3 is 0 Å². The van der Waals surface area contributed by atoms with Crippen LogP contribution in [0.2, 0.25) is 0 Å². The van der Waals surface area contributed by atoms with Crippen molar-refractivity contribution in [2.45, 2.75) is 70.6 Å². The van der Waals surface area contributed by atoms with Crippen molar-refractivity contribution in [2.24, 2.45) is 4.99 Å². The number of H-pyrrole nitrogens is 1. The van der Waals surface area contributed by atoms with Crippen LogP contribution in [0.1, 0.15) is 86.7 Å². The van der Waals surface area contributed by atoms with Gasteiger partial charge in [-0.05, 0) is 67.5 Å². The number of hydrogen-bond acceptors (Lipinski definition) is 4. The lowest BCUT2D eigenvalue weighted by Crippen LogP contribution is -2.01. The van der Waals surface area contributed by atoms with Crippen LogP contribution in [0.3, 0.4) is 0 Å². The summed E-state index contributed by atoms with van der Waals surface area (Å²) in [7, 11) is 4.99. The lowest BCUT2D eigenvalue weighted by molar-refractivity contribution is 0.303. The van der Waals surface area contributed by atoms with Crippen molar-refractivity contribution in [1.29, 1.82) is 0 Å². The Kier molecular flexibility index (Phi) is 8.15. The molecule has 1 aliphatic carbocycles. The van der Waals surface area contributed by atoms with Gasteiger partial charge in [-0.25, -0.2) is 4.99 Å². The second-order valence-corrected chi connectivity index (χ2v) is 9.26. The molecule has 1 atom stereocenters. The molecule has 0 saturated carbocycles. The summed E-state index contributed by atoms with van der Waals surface area (Å²) in [5, 5.41) is 0. The molecule has 1 aromatic heterocycles. The number of hydrogen-bond donors (Lipinski definition) is 1. The van der Waals surface area contributed by atoms with Gasteiger partial charge in [0.1, 0.15) is 11.5 Å². The van der Waals surface area contributed by atoms with E-state index in [9.17, 15) is 0 Å². The number of aromatic amines is 1. The summed E-state index contributed by atoms with van der Waals surface area (Å²) in [6.45, 7) is 2.29. The highest BCUT2D eigenvalue weighted by Crippen LogP contribution is 2.35. The van der Waals surface area contributed by atoms with Gasteiger partial charge in [-0.2, -0.15) is 0 Å². The maximum Gasteiger partial charge on any atom is 0.161 e. The molecule has 182 valence electrons. The Morgan fingerprint density at radius 1 is 1.00 bits per heavy atom. The zero-order chi connectivity index (χ0) is 23.9. The fourth-order valence-corrected chi connectivity index (χ4v) is 5.11. The summed E-state index contributed by atoms with van der Waals surface area (Å²) in [6.07, 6.45) is 15.6. The van der Waals surface area contributed by atoms with E-state index in [1.54, 1.807) is 21.3 Å². The first-order chi connectivity index (χ1) is 16.7. The van der Waals surface area contributed by atoms with E-state index in [0.29, 0.717) is 17.4 Å². The number of aliphatic imine (C=N–C) groups is 1. The molecule has 2 heterocycles. The van der Waals surface area contributed by atoms with Crippen molar-refractivity contribution >= 4 is 11.8 Å². The average Bonchev–Trinajstić information content (AvgIpc) is 3.47. The van der Waals surface area contributed by atoms with Gasteiger partial charge in [0.2, 0.25) is 0 Å². The smallest absolute Gasteiger partial charge is 0.161 e. The number of fused-ring (bicyclic) bond motifs is 1. The molecule has 2 aromatic rings. The normalized spacial score (nSPS) is 19.5. The Labute approximate surface area is 203 Å². The summed E-state index contributed by atoms with van der Waals surface area (Å²) in [6, 6.07) is 8.22. The van der Waals surface area contributed by atoms with Crippen LogP contribution in [0.15, 0.2) is 46.8 Å². The molecule has 0 spiro atoms. The van der Waals surface area contributed by atoms with Gasteiger partial charge in [0.15, 0.2) is 11.5 Å². The molecule has 1 aliphatic heterocycles. The van der Waals surface area contributed by atoms with Crippen LogP contribution in [-0.4, -0.2) is 32.0 Å². The monoisotopic (exact) mass is 462 g/mol. The lowest BCUT2D eigenvalue weighted by atomic mass is 9.89. The number of ether oxygens (including phenoxy) is 3. The second kappa shape index (κ2) is 11.5. The first-order valence-electron chi connectivity index (χ1n) is 12.7. The van der Waals surface area contributed by atoms with Gasteiger partial charge in [0.05, 0.1) is 27.0 Å². The molecule has 1 unspecified atom stereocenters. The fraction of sp³-hybridized carbons (Fsp3) is 0.483. The number of aryl methyl sites for hydroxylation is 1. The van der Waals surface area contributed by atoms with Crippen LogP contribution in [0.25, 0.3) is 6.08 Å². The molecule has 0 radical (unpaired) electrons. The van der Waals surface area contributed by atoms with E-state index in [2.05, 4.69) is 24.1 Å². The summed E-state index contributed by atoms with van der Waals surface area (Å²) < 4.78 is 16.5. The van der Waals surface area contributed by atoms with Gasteiger partial charge in [0.25, 0.3) is 0 Å². The maximum atomic E-state index is 5.69. The largest absolute Gasteiger partial charge is 0.494 e. The predicted octanol–water partition coefficient (Wildman–Crippen LogP) is 7.19. The van der Waals surface area contributed by atoms with Crippen LogP contribution in [0.5, 0.6) is 11.5 Å². The minimum Gasteiger partial charge on any atom is -0.494 e. The minimum atomic E-state index is 0.656. The predicted molar refractivity (Wildman–Crippen MR) is 139 cm³/mol. The van der Waals surface area contributed by atoms with Crippen LogP contribution >= 0.6 is 0 Å². The second-order valence-electron chi connectivity index (χ2n) is 9.26. The number of nitrogens with zero attached hydrogens (tertiary/aromatic N) is 1. The van der Waals surface area contributed by atoms with E-state index in [1.807, 2.05) is 24.3 Å². The minimum absolute atomic E-state index is 0.656. The molecule has 0 fully saturated rings. The highest BCUT2D eigenvalue weighted by molar-refractivity contribution is 6.12. The maximum absolute atomic E-state index is 5.69. The van der Waals surface area contributed by atoms with E-state index in [1.165, 1.54) is 62.6 Å². The van der Waals surface area contributed by atoms with Gasteiger partial charge < -0.3 is 19.2 Å². The summed E-state index contributed by atoms with van der Waals surface area (Å²) in [4.78, 5) is 8.64. The zero-order valence-corrected chi connectivity index (χ0v) is 21.1. The Balaban J connectivity index is 1.65. The molecule has 2 aliphatic rings. The average molecular weight is 463 g/mol. The number of unbranched alkanes of at least 4 members (excludes halogenated alkanes) is 1. The van der Waals surface area contributed by atoms with Gasteiger partial charge in [-0.3, -0.25) is 0 Å². The number of allylic oxidation sites excluding steroid dienone is 1. The first-order valence-corrected chi connectivity index (χ1v) is 12.7. The topological polar surface area (TPSA) is 55.8 Å². The van der Waals surface area contributed by atoms with Crippen LogP contribution in [0.4, 0.5) is 0 Å². The van der Waals surface area contributed by atoms with E-state index >= 15 is 0 Å². The van der Waals surface area contributed by atoms with Crippen molar-refractivity contribution < 1.29 is 14.2 Å². The number of aromatic nitrogens is 1. The molecule has 0 bridgehead atoms. The molecule has 34 heavy (non-hydrogen) atoms. The van der Waals surface area contributed by atoms with Crippen molar-refractivity contribution in [3.63, 3.8) is 0 Å². The van der Waals surface area contributed by atoms with E-state index in [4.69, 9.17) is 19.2 Å². The quantitative estimate of drug-likeness (QED) is 0.452. The standard InChI is InChI=1S/C29H38N2O3/c1-5-6-11-20-12-9-7-8-10-13-24-23(20)17-22(30-24)18-26-28(33-3)19-25(31-26)21-14-15-27(32-2)29(16-21)34-4/h14-20,30H,5-13H2,1-4H3/b26-18-. The van der Waals surface area contributed by atoms with Gasteiger partial charge in [-0.1, -0.05) is 39.0 Å². The number of rotatable bonds is 8. The highest BCUT2D eigenvalue weighted by atomic mass is 16.5. The molecule has 1 aromatic carbocycles. The molecule has 0 amide bonds. The highest BCUT2D eigenvalue weighted by Gasteiger charge is 2.21. The van der Waals surface area contributed by atoms with Crippen LogP contribution in [0, 0.1) is 0 Å².